The molecule has 3 rings (SSSR count). The Bertz CT molecular complexity index is 1050. The highest BCUT2D eigenvalue weighted by Gasteiger charge is 2.12. The Labute approximate surface area is 144 Å². The van der Waals surface area contributed by atoms with Gasteiger partial charge in [0.2, 0.25) is 0 Å². The first kappa shape index (κ1) is 16.0. The SMILES string of the molecule is Cc1cc(C(=O)OCc2cc(=O)n3[nH]cc(C#N)c3n2)ccc1Br. The highest BCUT2D eigenvalue weighted by atomic mass is 79.9. The number of benzene rings is 1. The number of H-pyrrole nitrogens is 1. The summed E-state index contributed by atoms with van der Waals surface area (Å²) in [5.74, 6) is -0.512. The standard InChI is InChI=1S/C16H11BrN4O3/c1-9-4-10(2-3-13(9)17)16(23)24-8-12-5-14(22)21-15(20-12)11(6-18)7-19-21/h2-5,7,19H,8H2,1H3. The highest BCUT2D eigenvalue weighted by Crippen LogP contribution is 2.18. The van der Waals surface area contributed by atoms with Crippen molar-refractivity contribution in [3.8, 4) is 6.07 Å². The van der Waals surface area contributed by atoms with Crippen LogP contribution in [-0.4, -0.2) is 20.6 Å². The van der Waals surface area contributed by atoms with Crippen molar-refractivity contribution in [1.29, 1.82) is 5.26 Å². The summed E-state index contributed by atoms with van der Waals surface area (Å²) in [6.07, 6.45) is 1.39. The first-order valence-electron chi connectivity index (χ1n) is 6.93. The number of hydrogen-bond donors (Lipinski definition) is 1. The summed E-state index contributed by atoms with van der Waals surface area (Å²) < 4.78 is 7.26. The number of carbonyl (C=O) groups excluding carboxylic acids is 1. The fourth-order valence-corrected chi connectivity index (χ4v) is 2.43. The average molecular weight is 387 g/mol. The van der Waals surface area contributed by atoms with Gasteiger partial charge in [0, 0.05) is 16.7 Å². The molecule has 8 heteroatoms. The molecule has 120 valence electrons. The second-order valence-corrected chi connectivity index (χ2v) is 5.94. The number of carbonyl (C=O) groups is 1. The molecule has 2 aromatic heterocycles. The number of aromatic nitrogens is 3. The summed E-state index contributed by atoms with van der Waals surface area (Å²) in [6.45, 7) is 1.71. The lowest BCUT2D eigenvalue weighted by atomic mass is 10.1. The number of ether oxygens (including phenoxy) is 1. The zero-order chi connectivity index (χ0) is 17.3. The van der Waals surface area contributed by atoms with E-state index in [0.717, 1.165) is 14.6 Å². The van der Waals surface area contributed by atoms with E-state index < -0.39 is 5.97 Å². The fourth-order valence-electron chi connectivity index (χ4n) is 2.18. The molecule has 24 heavy (non-hydrogen) atoms. The summed E-state index contributed by atoms with van der Waals surface area (Å²) in [6, 6.07) is 8.31. The number of esters is 1. The predicted octanol–water partition coefficient (Wildman–Crippen LogP) is 2.32. The molecule has 0 atom stereocenters. The zero-order valence-corrected chi connectivity index (χ0v) is 14.1. The van der Waals surface area contributed by atoms with E-state index in [-0.39, 0.29) is 29.1 Å². The third-order valence-electron chi connectivity index (χ3n) is 3.42. The lowest BCUT2D eigenvalue weighted by molar-refractivity contribution is 0.0467. The van der Waals surface area contributed by atoms with Crippen LogP contribution >= 0.6 is 15.9 Å². The van der Waals surface area contributed by atoms with Gasteiger partial charge in [-0.25, -0.2) is 14.3 Å². The van der Waals surface area contributed by atoms with Gasteiger partial charge in [-0.1, -0.05) is 15.9 Å². The minimum atomic E-state index is -0.512. The van der Waals surface area contributed by atoms with E-state index in [2.05, 4.69) is 26.0 Å². The van der Waals surface area contributed by atoms with Crippen molar-refractivity contribution in [1.82, 2.24) is 14.6 Å². The van der Waals surface area contributed by atoms with Crippen LogP contribution in [0.5, 0.6) is 0 Å². The average Bonchev–Trinajstić information content (AvgIpc) is 2.98. The van der Waals surface area contributed by atoms with Crippen LogP contribution in [0.1, 0.15) is 27.2 Å². The van der Waals surface area contributed by atoms with Gasteiger partial charge in [-0.05, 0) is 30.7 Å². The smallest absolute Gasteiger partial charge is 0.338 e. The normalized spacial score (nSPS) is 10.5. The molecule has 1 aromatic carbocycles. The first-order valence-corrected chi connectivity index (χ1v) is 7.72. The molecule has 0 saturated carbocycles. The van der Waals surface area contributed by atoms with Crippen molar-refractivity contribution in [3.05, 3.63) is 67.7 Å². The Morgan fingerprint density at radius 3 is 2.96 bits per heavy atom. The van der Waals surface area contributed by atoms with Gasteiger partial charge in [0.15, 0.2) is 5.65 Å². The molecule has 0 fully saturated rings. The van der Waals surface area contributed by atoms with Crippen molar-refractivity contribution in [3.63, 3.8) is 0 Å². The number of halogens is 1. The quantitative estimate of drug-likeness (QED) is 0.696. The first-order chi connectivity index (χ1) is 11.5. The number of nitriles is 1. The maximum atomic E-state index is 12.1. The number of aromatic amines is 1. The molecule has 7 nitrogen and oxygen atoms in total. The van der Waals surface area contributed by atoms with Crippen LogP contribution in [0.2, 0.25) is 0 Å². The summed E-state index contributed by atoms with van der Waals surface area (Å²) in [4.78, 5) is 28.2. The van der Waals surface area contributed by atoms with Crippen LogP contribution in [-0.2, 0) is 11.3 Å². The van der Waals surface area contributed by atoms with E-state index in [1.165, 1.54) is 12.3 Å². The Morgan fingerprint density at radius 2 is 2.25 bits per heavy atom. The topological polar surface area (TPSA) is 100 Å². The Balaban J connectivity index is 1.82. The Kier molecular flexibility index (Phi) is 4.18. The Hall–Kier alpha value is -2.92. The van der Waals surface area contributed by atoms with E-state index in [4.69, 9.17) is 10.00 Å². The maximum absolute atomic E-state index is 12.1. The molecule has 0 amide bonds. The lowest BCUT2D eigenvalue weighted by Gasteiger charge is -2.06. The van der Waals surface area contributed by atoms with Crippen molar-refractivity contribution >= 4 is 27.5 Å². The molecular weight excluding hydrogens is 376 g/mol. The molecule has 0 spiro atoms. The summed E-state index contributed by atoms with van der Waals surface area (Å²) >= 11 is 3.37. The number of hydrogen-bond acceptors (Lipinski definition) is 5. The van der Waals surface area contributed by atoms with Gasteiger partial charge in [-0.2, -0.15) is 5.26 Å². The molecular formula is C16H11BrN4O3. The van der Waals surface area contributed by atoms with Crippen molar-refractivity contribution < 1.29 is 9.53 Å². The monoisotopic (exact) mass is 386 g/mol. The van der Waals surface area contributed by atoms with E-state index in [0.29, 0.717) is 5.56 Å². The van der Waals surface area contributed by atoms with Gasteiger partial charge < -0.3 is 4.74 Å². The second kappa shape index (κ2) is 6.29. The van der Waals surface area contributed by atoms with Crippen molar-refractivity contribution in [2.24, 2.45) is 0 Å². The van der Waals surface area contributed by atoms with Gasteiger partial charge in [-0.3, -0.25) is 9.89 Å². The van der Waals surface area contributed by atoms with Gasteiger partial charge in [0.1, 0.15) is 18.2 Å². The molecule has 0 bridgehead atoms. The van der Waals surface area contributed by atoms with E-state index in [9.17, 15) is 9.59 Å². The van der Waals surface area contributed by atoms with Gasteiger partial charge in [-0.15, -0.1) is 0 Å². The molecule has 0 aliphatic heterocycles. The van der Waals surface area contributed by atoms with Crippen LogP contribution in [0.3, 0.4) is 0 Å². The fraction of sp³-hybridized carbons (Fsp3) is 0.125. The van der Waals surface area contributed by atoms with E-state index >= 15 is 0 Å². The molecule has 2 heterocycles. The van der Waals surface area contributed by atoms with Crippen LogP contribution in [0.25, 0.3) is 5.65 Å². The summed E-state index contributed by atoms with van der Waals surface area (Å²) in [5, 5.41) is 11.7. The number of aryl methyl sites for hydroxylation is 1. The Morgan fingerprint density at radius 1 is 1.46 bits per heavy atom. The molecule has 3 aromatic rings. The van der Waals surface area contributed by atoms with Gasteiger partial charge in [0.05, 0.1) is 11.3 Å². The van der Waals surface area contributed by atoms with E-state index in [1.807, 2.05) is 13.0 Å². The predicted molar refractivity (Wildman–Crippen MR) is 88.5 cm³/mol. The minimum Gasteiger partial charge on any atom is -0.456 e. The minimum absolute atomic E-state index is 0.157. The lowest BCUT2D eigenvalue weighted by Crippen LogP contribution is -2.17. The number of nitrogens with one attached hydrogen (secondary N) is 1. The van der Waals surface area contributed by atoms with Crippen LogP contribution in [0.4, 0.5) is 0 Å². The molecule has 0 unspecified atom stereocenters. The van der Waals surface area contributed by atoms with Gasteiger partial charge in [0.25, 0.3) is 5.56 Å². The molecule has 0 aliphatic carbocycles. The van der Waals surface area contributed by atoms with Crippen LogP contribution < -0.4 is 5.56 Å². The highest BCUT2D eigenvalue weighted by molar-refractivity contribution is 9.10. The number of fused-ring (bicyclic) bond motifs is 1. The van der Waals surface area contributed by atoms with Gasteiger partial charge >= 0.3 is 5.97 Å². The summed E-state index contributed by atoms with van der Waals surface area (Å²) in [7, 11) is 0. The zero-order valence-electron chi connectivity index (χ0n) is 12.5. The molecule has 0 aliphatic rings. The number of nitrogens with zero attached hydrogens (tertiary/aromatic N) is 3. The van der Waals surface area contributed by atoms with Crippen molar-refractivity contribution in [2.45, 2.75) is 13.5 Å². The maximum Gasteiger partial charge on any atom is 0.338 e. The second-order valence-electron chi connectivity index (χ2n) is 5.08. The van der Waals surface area contributed by atoms with Crippen LogP contribution in [0, 0.1) is 18.3 Å². The summed E-state index contributed by atoms with van der Waals surface area (Å²) in [5.41, 5.74) is 1.66. The number of rotatable bonds is 3. The molecule has 1 N–H and O–H groups in total. The van der Waals surface area contributed by atoms with E-state index in [1.54, 1.807) is 18.2 Å². The largest absolute Gasteiger partial charge is 0.456 e. The molecule has 0 radical (unpaired) electrons. The third-order valence-corrected chi connectivity index (χ3v) is 4.31. The third kappa shape index (κ3) is 2.94. The van der Waals surface area contributed by atoms with Crippen molar-refractivity contribution in [2.75, 3.05) is 0 Å². The van der Waals surface area contributed by atoms with Crippen LogP contribution in [0.15, 0.2) is 39.7 Å². The molecule has 0 saturated heterocycles.